The predicted octanol–water partition coefficient (Wildman–Crippen LogP) is 6.07. The molecule has 5 aromatic rings. The number of para-hydroxylation sites is 1. The molecule has 7 rings (SSSR count). The third-order valence-corrected chi connectivity index (χ3v) is 9.13. The number of hydrogen-bond donors (Lipinski definition) is 0. The second-order valence-electron chi connectivity index (χ2n) is 12.3. The summed E-state index contributed by atoms with van der Waals surface area (Å²) in [5.74, 6) is 2.28. The zero-order chi connectivity index (χ0) is 31.7. The molecule has 0 atom stereocenters. The highest BCUT2D eigenvalue weighted by Gasteiger charge is 2.18. The largest absolute Gasteiger partial charge is 0.494 e. The van der Waals surface area contributed by atoms with Crippen LogP contribution in [0.15, 0.2) is 102 Å². The normalized spacial score (nSPS) is 16.1. The first kappa shape index (κ1) is 31.0. The zero-order valence-corrected chi connectivity index (χ0v) is 27.0. The number of aromatic nitrogens is 2. The number of nitrogens with zero attached hydrogens (tertiary/aromatic N) is 6. The van der Waals surface area contributed by atoms with Gasteiger partial charge in [-0.2, -0.15) is 0 Å². The lowest BCUT2D eigenvalue weighted by atomic mass is 10.2. The van der Waals surface area contributed by atoms with Gasteiger partial charge in [0.05, 0.1) is 13.2 Å². The number of rotatable bonds is 13. The fourth-order valence-corrected chi connectivity index (χ4v) is 6.42. The molecule has 2 saturated heterocycles. The van der Waals surface area contributed by atoms with Crippen molar-refractivity contribution in [1.29, 1.82) is 0 Å². The standard InChI is InChI=1S/C38H44N6O3/c1-2-6-32(7-3-1)43-24-20-41(21-25-43)18-4-28-45-34-10-8-31(9-11-34)38-40-36-13-12-35(30-37(36)47-38)46-29-5-19-42-22-26-44(27-23-42)33-14-16-39-17-15-33/h1-3,6-17,30H,4-5,18-29H2. The van der Waals surface area contributed by atoms with Crippen LogP contribution in [0, 0.1) is 0 Å². The van der Waals surface area contributed by atoms with Crippen LogP contribution in [0.4, 0.5) is 11.4 Å². The SMILES string of the molecule is c1ccc(N2CCN(CCCOc3ccc(-c4nc5ccc(OCCCN6CCN(c7ccncc7)CC6)cc5o4)cc3)CC2)cc1. The lowest BCUT2D eigenvalue weighted by Crippen LogP contribution is -2.46. The van der Waals surface area contributed by atoms with E-state index in [0.717, 1.165) is 106 Å². The van der Waals surface area contributed by atoms with Gasteiger partial charge in [0.25, 0.3) is 0 Å². The van der Waals surface area contributed by atoms with Gasteiger partial charge < -0.3 is 23.7 Å². The first-order valence-electron chi connectivity index (χ1n) is 16.9. The summed E-state index contributed by atoms with van der Waals surface area (Å²) in [6.07, 6.45) is 5.71. The summed E-state index contributed by atoms with van der Waals surface area (Å²) in [5, 5.41) is 0. The van der Waals surface area contributed by atoms with E-state index in [1.54, 1.807) is 0 Å². The molecule has 0 unspecified atom stereocenters. The van der Waals surface area contributed by atoms with Crippen LogP contribution in [0.25, 0.3) is 22.6 Å². The number of fused-ring (bicyclic) bond motifs is 1. The molecule has 0 N–H and O–H groups in total. The van der Waals surface area contributed by atoms with E-state index < -0.39 is 0 Å². The van der Waals surface area contributed by atoms with Gasteiger partial charge in [-0.15, -0.1) is 0 Å². The molecule has 9 heteroatoms. The van der Waals surface area contributed by atoms with Gasteiger partial charge in [0.1, 0.15) is 17.0 Å². The summed E-state index contributed by atoms with van der Waals surface area (Å²) in [5.41, 5.74) is 5.06. The average Bonchev–Trinajstić information content (AvgIpc) is 3.57. The molecule has 3 aromatic carbocycles. The van der Waals surface area contributed by atoms with Crippen molar-refractivity contribution in [3.05, 3.63) is 97.3 Å². The van der Waals surface area contributed by atoms with E-state index in [1.165, 1.54) is 11.4 Å². The number of hydrogen-bond acceptors (Lipinski definition) is 9. The van der Waals surface area contributed by atoms with Crippen LogP contribution in [-0.2, 0) is 0 Å². The van der Waals surface area contributed by atoms with Gasteiger partial charge in [0.15, 0.2) is 5.58 Å². The van der Waals surface area contributed by atoms with E-state index in [4.69, 9.17) is 18.9 Å². The Balaban J connectivity index is 0.811. The van der Waals surface area contributed by atoms with Crippen LogP contribution >= 0.6 is 0 Å². The summed E-state index contributed by atoms with van der Waals surface area (Å²) in [6.45, 7) is 12.0. The molecule has 2 aromatic heterocycles. The molecule has 2 aliphatic rings. The van der Waals surface area contributed by atoms with Gasteiger partial charge in [-0.1, -0.05) is 18.2 Å². The summed E-state index contributed by atoms with van der Waals surface area (Å²) >= 11 is 0. The maximum atomic E-state index is 6.13. The second kappa shape index (κ2) is 15.3. The molecule has 0 radical (unpaired) electrons. The molecule has 0 aliphatic carbocycles. The van der Waals surface area contributed by atoms with Crippen molar-refractivity contribution in [1.82, 2.24) is 19.8 Å². The van der Waals surface area contributed by atoms with Crippen LogP contribution in [-0.4, -0.2) is 98.4 Å². The van der Waals surface area contributed by atoms with Crippen molar-refractivity contribution in [2.75, 3.05) is 88.5 Å². The van der Waals surface area contributed by atoms with Crippen LogP contribution in [0.5, 0.6) is 11.5 Å². The topological polar surface area (TPSA) is 70.3 Å². The van der Waals surface area contributed by atoms with E-state index in [2.05, 4.69) is 67.0 Å². The highest BCUT2D eigenvalue weighted by molar-refractivity contribution is 5.77. The van der Waals surface area contributed by atoms with Crippen molar-refractivity contribution >= 4 is 22.5 Å². The number of anilines is 2. The molecule has 0 spiro atoms. The Labute approximate surface area is 277 Å². The highest BCUT2D eigenvalue weighted by Crippen LogP contribution is 2.28. The molecule has 0 saturated carbocycles. The summed E-state index contributed by atoms with van der Waals surface area (Å²) in [7, 11) is 0. The van der Waals surface area contributed by atoms with Gasteiger partial charge in [-0.3, -0.25) is 14.8 Å². The fraction of sp³-hybridized carbons (Fsp3) is 0.368. The smallest absolute Gasteiger partial charge is 0.227 e. The van der Waals surface area contributed by atoms with Crippen LogP contribution < -0.4 is 19.3 Å². The van der Waals surface area contributed by atoms with E-state index in [-0.39, 0.29) is 0 Å². The third kappa shape index (κ3) is 8.22. The van der Waals surface area contributed by atoms with E-state index in [0.29, 0.717) is 19.1 Å². The van der Waals surface area contributed by atoms with Gasteiger partial charge >= 0.3 is 0 Å². The lowest BCUT2D eigenvalue weighted by molar-refractivity contribution is 0.224. The van der Waals surface area contributed by atoms with Crippen molar-refractivity contribution in [2.45, 2.75) is 12.8 Å². The minimum absolute atomic E-state index is 0.601. The van der Waals surface area contributed by atoms with Crippen LogP contribution in [0.2, 0.25) is 0 Å². The molecule has 2 fully saturated rings. The predicted molar refractivity (Wildman–Crippen MR) is 188 cm³/mol. The fourth-order valence-electron chi connectivity index (χ4n) is 6.42. The maximum absolute atomic E-state index is 6.13. The van der Waals surface area contributed by atoms with Crippen molar-refractivity contribution in [3.63, 3.8) is 0 Å². The Morgan fingerprint density at radius 1 is 0.596 bits per heavy atom. The first-order chi connectivity index (χ1) is 23.3. The minimum Gasteiger partial charge on any atom is -0.494 e. The van der Waals surface area contributed by atoms with E-state index in [1.807, 2.05) is 54.9 Å². The van der Waals surface area contributed by atoms with Crippen LogP contribution in [0.1, 0.15) is 12.8 Å². The van der Waals surface area contributed by atoms with Crippen molar-refractivity contribution in [2.24, 2.45) is 0 Å². The Bertz CT molecular complexity index is 1660. The summed E-state index contributed by atoms with van der Waals surface area (Å²) in [6, 6.07) is 28.8. The lowest BCUT2D eigenvalue weighted by Gasteiger charge is -2.36. The number of oxazole rings is 1. The number of pyridine rings is 1. The Morgan fingerprint density at radius 3 is 1.81 bits per heavy atom. The minimum atomic E-state index is 0.601. The molecule has 47 heavy (non-hydrogen) atoms. The van der Waals surface area contributed by atoms with Crippen LogP contribution in [0.3, 0.4) is 0 Å². The molecule has 2 aliphatic heterocycles. The number of piperazine rings is 2. The van der Waals surface area contributed by atoms with Gasteiger partial charge in [-0.05, 0) is 73.5 Å². The first-order valence-corrected chi connectivity index (χ1v) is 16.9. The van der Waals surface area contributed by atoms with E-state index >= 15 is 0 Å². The van der Waals surface area contributed by atoms with E-state index in [9.17, 15) is 0 Å². The highest BCUT2D eigenvalue weighted by atomic mass is 16.5. The van der Waals surface area contributed by atoms with Gasteiger partial charge in [0, 0.05) is 101 Å². The monoisotopic (exact) mass is 632 g/mol. The molecule has 244 valence electrons. The third-order valence-electron chi connectivity index (χ3n) is 9.13. The Hall–Kier alpha value is -4.60. The zero-order valence-electron chi connectivity index (χ0n) is 27.0. The number of benzene rings is 3. The summed E-state index contributed by atoms with van der Waals surface area (Å²) in [4.78, 5) is 18.8. The number of ether oxygens (including phenoxy) is 2. The van der Waals surface area contributed by atoms with Gasteiger partial charge in [0.2, 0.25) is 5.89 Å². The maximum Gasteiger partial charge on any atom is 0.227 e. The van der Waals surface area contributed by atoms with Crippen molar-refractivity contribution < 1.29 is 13.9 Å². The molecule has 4 heterocycles. The molecular weight excluding hydrogens is 588 g/mol. The quantitative estimate of drug-likeness (QED) is 0.144. The Morgan fingerprint density at radius 2 is 1.17 bits per heavy atom. The molecule has 9 nitrogen and oxygen atoms in total. The van der Waals surface area contributed by atoms with Crippen molar-refractivity contribution in [3.8, 4) is 23.0 Å². The second-order valence-corrected chi connectivity index (χ2v) is 12.3. The molecule has 0 amide bonds. The summed E-state index contributed by atoms with van der Waals surface area (Å²) < 4.78 is 18.3. The molecule has 0 bridgehead atoms. The Kier molecular flexibility index (Phi) is 10.1. The molecular formula is C38H44N6O3. The average molecular weight is 633 g/mol. The van der Waals surface area contributed by atoms with Gasteiger partial charge in [-0.25, -0.2) is 4.98 Å².